The summed E-state index contributed by atoms with van der Waals surface area (Å²) in [6.45, 7) is 6.89. The molecule has 1 fully saturated rings. The Morgan fingerprint density at radius 2 is 1.89 bits per heavy atom. The summed E-state index contributed by atoms with van der Waals surface area (Å²) in [5.41, 5.74) is 1.94. The van der Waals surface area contributed by atoms with Gasteiger partial charge in [0, 0.05) is 25.7 Å². The second-order valence-corrected chi connectivity index (χ2v) is 10.5. The normalized spacial score (nSPS) is 23.7. The fourth-order valence-electron chi connectivity index (χ4n) is 5.19. The van der Waals surface area contributed by atoms with Gasteiger partial charge in [-0.15, -0.1) is 0 Å². The van der Waals surface area contributed by atoms with E-state index in [1.165, 1.54) is 5.56 Å². The number of ether oxygens (including phenoxy) is 1. The topological polar surface area (TPSA) is 61.9 Å². The minimum Gasteiger partial charge on any atom is -0.491 e. The van der Waals surface area contributed by atoms with Crippen molar-refractivity contribution in [3.63, 3.8) is 0 Å². The van der Waals surface area contributed by atoms with E-state index in [0.717, 1.165) is 32.4 Å². The molecule has 2 aromatic carbocycles. The van der Waals surface area contributed by atoms with Gasteiger partial charge in [-0.2, -0.15) is 0 Å². The van der Waals surface area contributed by atoms with Crippen molar-refractivity contribution in [1.82, 2.24) is 15.1 Å². The van der Waals surface area contributed by atoms with Gasteiger partial charge in [-0.25, -0.2) is 0 Å². The van der Waals surface area contributed by atoms with Crippen molar-refractivity contribution < 1.29 is 14.3 Å². The molecule has 0 radical (unpaired) electrons. The first kappa shape index (κ1) is 25.2. The summed E-state index contributed by atoms with van der Waals surface area (Å²) in [6, 6.07) is 17.7. The molecule has 1 N–H and O–H groups in total. The third-order valence-corrected chi connectivity index (χ3v) is 7.08. The molecule has 6 heteroatoms. The lowest BCUT2D eigenvalue weighted by atomic mass is 9.97. The van der Waals surface area contributed by atoms with Crippen molar-refractivity contribution in [2.24, 2.45) is 11.8 Å². The Hall–Kier alpha value is -2.86. The molecule has 4 rings (SSSR count). The van der Waals surface area contributed by atoms with Crippen molar-refractivity contribution in [3.05, 3.63) is 65.7 Å². The maximum absolute atomic E-state index is 13.9. The van der Waals surface area contributed by atoms with Gasteiger partial charge < -0.3 is 19.9 Å². The molecule has 2 heterocycles. The molecule has 2 aromatic rings. The first-order chi connectivity index (χ1) is 16.9. The number of carbonyl (C=O) groups excluding carboxylic acids is 2. The number of hydrogen-bond acceptors (Lipinski definition) is 4. The summed E-state index contributed by atoms with van der Waals surface area (Å²) in [7, 11) is 1.82. The molecule has 0 saturated carbocycles. The molecule has 35 heavy (non-hydrogen) atoms. The molecule has 0 aliphatic carbocycles. The number of nitrogens with zero attached hydrogens (tertiary/aromatic N) is 2. The highest BCUT2D eigenvalue weighted by Crippen LogP contribution is 2.29. The molecule has 3 atom stereocenters. The summed E-state index contributed by atoms with van der Waals surface area (Å²) in [4.78, 5) is 30.6. The summed E-state index contributed by atoms with van der Waals surface area (Å²) < 4.78 is 6.18. The van der Waals surface area contributed by atoms with Crippen molar-refractivity contribution in [1.29, 1.82) is 0 Å². The number of carbonyl (C=O) groups is 2. The van der Waals surface area contributed by atoms with Crippen LogP contribution in [-0.4, -0.2) is 67.0 Å². The minimum atomic E-state index is -0.250. The van der Waals surface area contributed by atoms with Gasteiger partial charge in [0.15, 0.2) is 0 Å². The van der Waals surface area contributed by atoms with E-state index in [2.05, 4.69) is 48.3 Å². The van der Waals surface area contributed by atoms with E-state index in [-0.39, 0.29) is 23.9 Å². The molecule has 6 nitrogen and oxygen atoms in total. The van der Waals surface area contributed by atoms with E-state index < -0.39 is 0 Å². The largest absolute Gasteiger partial charge is 0.491 e. The molecule has 0 aromatic heterocycles. The van der Waals surface area contributed by atoms with Gasteiger partial charge >= 0.3 is 0 Å². The highest BCUT2D eigenvalue weighted by Gasteiger charge is 2.38. The van der Waals surface area contributed by atoms with E-state index in [4.69, 9.17) is 4.74 Å². The van der Waals surface area contributed by atoms with Crippen LogP contribution in [0.4, 0.5) is 0 Å². The molecule has 1 saturated heterocycles. The molecule has 2 bridgehead atoms. The second-order valence-electron chi connectivity index (χ2n) is 10.5. The zero-order chi connectivity index (χ0) is 24.8. The van der Waals surface area contributed by atoms with E-state index in [9.17, 15) is 9.59 Å². The van der Waals surface area contributed by atoms with E-state index >= 15 is 0 Å². The predicted octanol–water partition coefficient (Wildman–Crippen LogP) is 4.01. The van der Waals surface area contributed by atoms with Crippen LogP contribution in [0, 0.1) is 11.8 Å². The highest BCUT2D eigenvalue weighted by molar-refractivity contribution is 5.94. The minimum absolute atomic E-state index is 0.0176. The average Bonchev–Trinajstić information content (AvgIpc) is 3.26. The summed E-state index contributed by atoms with van der Waals surface area (Å²) >= 11 is 0. The maximum Gasteiger partial charge on any atom is 0.253 e. The van der Waals surface area contributed by atoms with Crippen molar-refractivity contribution in [2.75, 3.05) is 33.3 Å². The third-order valence-electron chi connectivity index (χ3n) is 7.08. The lowest BCUT2D eigenvalue weighted by Gasteiger charge is -2.30. The van der Waals surface area contributed by atoms with Crippen LogP contribution in [0.2, 0.25) is 0 Å². The third kappa shape index (κ3) is 6.63. The smallest absolute Gasteiger partial charge is 0.253 e. The lowest BCUT2D eigenvalue weighted by Crippen LogP contribution is -2.50. The highest BCUT2D eigenvalue weighted by atomic mass is 16.5. The van der Waals surface area contributed by atoms with Gasteiger partial charge in [0.1, 0.15) is 12.4 Å². The predicted molar refractivity (Wildman–Crippen MR) is 139 cm³/mol. The molecular weight excluding hydrogens is 438 g/mol. The van der Waals surface area contributed by atoms with Gasteiger partial charge in [-0.1, -0.05) is 50.2 Å². The van der Waals surface area contributed by atoms with Crippen molar-refractivity contribution >= 4 is 11.8 Å². The van der Waals surface area contributed by atoms with Gasteiger partial charge in [0.05, 0.1) is 12.1 Å². The molecule has 2 aliphatic rings. The van der Waals surface area contributed by atoms with Crippen LogP contribution in [0.3, 0.4) is 0 Å². The van der Waals surface area contributed by atoms with Crippen LogP contribution in [0.25, 0.3) is 0 Å². The molecule has 2 aliphatic heterocycles. The molecule has 188 valence electrons. The van der Waals surface area contributed by atoms with Crippen molar-refractivity contribution in [3.8, 4) is 5.75 Å². The first-order valence-corrected chi connectivity index (χ1v) is 13.0. The zero-order valence-electron chi connectivity index (χ0n) is 21.3. The Bertz CT molecular complexity index is 994. The molecule has 0 unspecified atom stereocenters. The Morgan fingerprint density at radius 3 is 2.66 bits per heavy atom. The average molecular weight is 478 g/mol. The lowest BCUT2D eigenvalue weighted by molar-refractivity contribution is -0.135. The Kier molecular flexibility index (Phi) is 8.45. The van der Waals surface area contributed by atoms with E-state index in [1.807, 2.05) is 37.4 Å². The van der Waals surface area contributed by atoms with Crippen LogP contribution in [0.15, 0.2) is 54.6 Å². The molecule has 0 spiro atoms. The van der Waals surface area contributed by atoms with Crippen LogP contribution in [0.1, 0.15) is 49.0 Å². The van der Waals surface area contributed by atoms with Gasteiger partial charge in [0.25, 0.3) is 5.91 Å². The van der Waals surface area contributed by atoms with Crippen LogP contribution >= 0.6 is 0 Å². The number of rotatable bonds is 5. The molecular formula is C29H39N3O3. The number of nitrogens with one attached hydrogen (secondary N) is 1. The first-order valence-electron chi connectivity index (χ1n) is 13.0. The van der Waals surface area contributed by atoms with Gasteiger partial charge in [0.2, 0.25) is 5.91 Å². The van der Waals surface area contributed by atoms with E-state index in [0.29, 0.717) is 42.7 Å². The standard InChI is InChI=1S/C29H39N3O3/c1-21(2)18-30-27-13-8-14-31(3)28(33)24-11-7-12-26(17-24)35-20-25-16-23(19-32(25)29(27)34)15-22-9-5-4-6-10-22/h4-7,9-12,17,21,23,25,27,30H,8,13-16,18-20H2,1-3H3/t23-,25-,27-/m0/s1. The Labute approximate surface area is 209 Å². The number of benzene rings is 2. The Morgan fingerprint density at radius 1 is 1.09 bits per heavy atom. The van der Waals surface area contributed by atoms with Gasteiger partial charge in [-0.3, -0.25) is 9.59 Å². The second kappa shape index (κ2) is 11.7. The zero-order valence-corrected chi connectivity index (χ0v) is 21.3. The maximum atomic E-state index is 13.9. The van der Waals surface area contributed by atoms with E-state index in [1.54, 1.807) is 4.90 Å². The quantitative estimate of drug-likeness (QED) is 0.707. The van der Waals surface area contributed by atoms with Crippen LogP contribution < -0.4 is 10.1 Å². The van der Waals surface area contributed by atoms with Crippen LogP contribution in [0.5, 0.6) is 5.75 Å². The number of fused-ring (bicyclic) bond motifs is 3. The fraction of sp³-hybridized carbons (Fsp3) is 0.517. The summed E-state index contributed by atoms with van der Waals surface area (Å²) in [5.74, 6) is 1.67. The monoisotopic (exact) mass is 477 g/mol. The summed E-state index contributed by atoms with van der Waals surface area (Å²) in [6.07, 6.45) is 3.35. The number of amides is 2. The number of hydrogen-bond donors (Lipinski definition) is 1. The SMILES string of the molecule is CC(C)CN[C@H]1CCCN(C)C(=O)c2cccc(c2)OC[C@@H]2C[C@H](Cc3ccccc3)CN2C1=O. The fourth-order valence-corrected chi connectivity index (χ4v) is 5.19. The molecule has 2 amide bonds. The van der Waals surface area contributed by atoms with Crippen molar-refractivity contribution in [2.45, 2.75) is 51.6 Å². The Balaban J connectivity index is 1.57. The van der Waals surface area contributed by atoms with Crippen LogP contribution in [-0.2, 0) is 11.2 Å². The van der Waals surface area contributed by atoms with Gasteiger partial charge in [-0.05, 0) is 67.8 Å². The summed E-state index contributed by atoms with van der Waals surface area (Å²) in [5, 5.41) is 3.52.